The summed E-state index contributed by atoms with van der Waals surface area (Å²) in [4.78, 5) is 11.5. The number of fused-ring (bicyclic) bond motifs is 1. The summed E-state index contributed by atoms with van der Waals surface area (Å²) in [7, 11) is 0. The molecule has 3 heteroatoms. The first kappa shape index (κ1) is 8.53. The molecule has 1 N–H and O–H groups in total. The molecule has 1 aliphatic carbocycles. The largest absolute Gasteiger partial charge is 0.504 e. The highest BCUT2D eigenvalue weighted by Crippen LogP contribution is 2.41. The van der Waals surface area contributed by atoms with Crippen LogP contribution in [0.4, 0.5) is 0 Å². The SMILES string of the molecule is O=C1CCC2=C1Cc1cccc(O)c1O2. The predicted octanol–water partition coefficient (Wildman–Crippen LogP) is 1.94. The van der Waals surface area contributed by atoms with Gasteiger partial charge in [-0.15, -0.1) is 0 Å². The van der Waals surface area contributed by atoms with Crippen LogP contribution in [-0.4, -0.2) is 10.9 Å². The number of benzene rings is 1. The third kappa shape index (κ3) is 1.16. The van der Waals surface area contributed by atoms with Crippen molar-refractivity contribution in [2.45, 2.75) is 19.3 Å². The summed E-state index contributed by atoms with van der Waals surface area (Å²) < 4.78 is 5.57. The van der Waals surface area contributed by atoms with E-state index in [1.165, 1.54) is 0 Å². The summed E-state index contributed by atoms with van der Waals surface area (Å²) in [5.74, 6) is 1.59. The minimum absolute atomic E-state index is 0.151. The summed E-state index contributed by atoms with van der Waals surface area (Å²) in [6.45, 7) is 0. The summed E-state index contributed by atoms with van der Waals surface area (Å²) in [6.07, 6.45) is 1.80. The quantitative estimate of drug-likeness (QED) is 0.699. The number of hydrogen-bond acceptors (Lipinski definition) is 3. The smallest absolute Gasteiger partial charge is 0.172 e. The number of phenols is 1. The molecule has 3 rings (SSSR count). The van der Waals surface area contributed by atoms with Crippen molar-refractivity contribution >= 4 is 5.78 Å². The molecule has 0 unspecified atom stereocenters. The average Bonchev–Trinajstić information content (AvgIpc) is 2.59. The van der Waals surface area contributed by atoms with Gasteiger partial charge in [-0.3, -0.25) is 4.79 Å². The maximum absolute atomic E-state index is 11.5. The molecule has 0 atom stereocenters. The first-order chi connectivity index (χ1) is 7.25. The maximum atomic E-state index is 11.5. The number of aromatic hydroxyl groups is 1. The van der Waals surface area contributed by atoms with Gasteiger partial charge >= 0.3 is 0 Å². The molecule has 15 heavy (non-hydrogen) atoms. The summed E-state index contributed by atoms with van der Waals surface area (Å²) in [5, 5.41) is 9.61. The number of Topliss-reactive ketones (excluding diaryl/α,β-unsaturated/α-hetero) is 1. The normalized spacial score (nSPS) is 18.5. The lowest BCUT2D eigenvalue weighted by molar-refractivity contribution is -0.115. The Kier molecular flexibility index (Phi) is 1.63. The van der Waals surface area contributed by atoms with Gasteiger partial charge in [0.25, 0.3) is 0 Å². The second-order valence-electron chi connectivity index (χ2n) is 3.87. The van der Waals surface area contributed by atoms with E-state index in [4.69, 9.17) is 4.74 Å². The number of hydrogen-bond donors (Lipinski definition) is 1. The van der Waals surface area contributed by atoms with Crippen molar-refractivity contribution in [3.63, 3.8) is 0 Å². The summed E-state index contributed by atoms with van der Waals surface area (Å²) in [6, 6.07) is 5.24. The number of para-hydroxylation sites is 1. The van der Waals surface area contributed by atoms with E-state index in [-0.39, 0.29) is 11.5 Å². The van der Waals surface area contributed by atoms with Gasteiger partial charge < -0.3 is 9.84 Å². The Morgan fingerprint density at radius 2 is 2.13 bits per heavy atom. The van der Waals surface area contributed by atoms with Crippen molar-refractivity contribution < 1.29 is 14.6 Å². The molecule has 1 aromatic rings. The van der Waals surface area contributed by atoms with Crippen molar-refractivity contribution in [3.8, 4) is 11.5 Å². The highest BCUT2D eigenvalue weighted by atomic mass is 16.5. The van der Waals surface area contributed by atoms with Crippen LogP contribution in [0.3, 0.4) is 0 Å². The van der Waals surface area contributed by atoms with E-state index in [0.717, 1.165) is 16.9 Å². The Bertz CT molecular complexity index is 486. The second kappa shape index (κ2) is 2.86. The third-order valence-electron chi connectivity index (χ3n) is 2.92. The Balaban J connectivity index is 2.09. The van der Waals surface area contributed by atoms with E-state index in [9.17, 15) is 9.90 Å². The van der Waals surface area contributed by atoms with Crippen molar-refractivity contribution in [2.24, 2.45) is 0 Å². The molecular formula is C12H10O3. The van der Waals surface area contributed by atoms with Gasteiger partial charge in [-0.25, -0.2) is 0 Å². The highest BCUT2D eigenvalue weighted by Gasteiger charge is 2.30. The molecular weight excluding hydrogens is 192 g/mol. The number of phenolic OH excluding ortho intramolecular Hbond substituents is 1. The molecule has 0 bridgehead atoms. The molecule has 0 radical (unpaired) electrons. The molecule has 76 valence electrons. The zero-order chi connectivity index (χ0) is 10.4. The van der Waals surface area contributed by atoms with Crippen LogP contribution in [0.2, 0.25) is 0 Å². The molecule has 0 aromatic heterocycles. The minimum atomic E-state index is 0.151. The van der Waals surface area contributed by atoms with Gasteiger partial charge in [-0.1, -0.05) is 12.1 Å². The lowest BCUT2D eigenvalue weighted by Gasteiger charge is -2.19. The first-order valence-corrected chi connectivity index (χ1v) is 4.99. The van der Waals surface area contributed by atoms with Crippen LogP contribution in [0.15, 0.2) is 29.5 Å². The number of carbonyl (C=O) groups is 1. The number of ketones is 1. The van der Waals surface area contributed by atoms with Crippen LogP contribution in [0, 0.1) is 0 Å². The first-order valence-electron chi connectivity index (χ1n) is 4.99. The molecule has 1 heterocycles. The van der Waals surface area contributed by atoms with E-state index in [1.54, 1.807) is 12.1 Å². The lowest BCUT2D eigenvalue weighted by Crippen LogP contribution is -2.09. The third-order valence-corrected chi connectivity index (χ3v) is 2.92. The van der Waals surface area contributed by atoms with Gasteiger partial charge in [0.1, 0.15) is 5.76 Å². The summed E-state index contributed by atoms with van der Waals surface area (Å²) >= 11 is 0. The fourth-order valence-corrected chi connectivity index (χ4v) is 2.14. The molecule has 0 fully saturated rings. The summed E-state index contributed by atoms with van der Waals surface area (Å²) in [5.41, 5.74) is 1.68. The van der Waals surface area contributed by atoms with Crippen LogP contribution in [-0.2, 0) is 11.2 Å². The number of allylic oxidation sites excluding steroid dienone is 2. The van der Waals surface area contributed by atoms with Crippen LogP contribution in [0.25, 0.3) is 0 Å². The highest BCUT2D eigenvalue weighted by molar-refractivity contribution is 5.99. The average molecular weight is 202 g/mol. The van der Waals surface area contributed by atoms with E-state index in [2.05, 4.69) is 0 Å². The van der Waals surface area contributed by atoms with Crippen molar-refractivity contribution in [3.05, 3.63) is 35.1 Å². The van der Waals surface area contributed by atoms with Gasteiger partial charge in [0.05, 0.1) is 0 Å². The molecule has 0 saturated heterocycles. The molecule has 0 saturated carbocycles. The van der Waals surface area contributed by atoms with Crippen molar-refractivity contribution in [1.82, 2.24) is 0 Å². The van der Waals surface area contributed by atoms with Gasteiger partial charge in [0.15, 0.2) is 17.3 Å². The van der Waals surface area contributed by atoms with Gasteiger partial charge in [0.2, 0.25) is 0 Å². The van der Waals surface area contributed by atoms with Crippen molar-refractivity contribution in [1.29, 1.82) is 0 Å². The van der Waals surface area contributed by atoms with Crippen molar-refractivity contribution in [2.75, 3.05) is 0 Å². The molecule has 3 nitrogen and oxygen atoms in total. The zero-order valence-corrected chi connectivity index (χ0v) is 8.12. The second-order valence-corrected chi connectivity index (χ2v) is 3.87. The minimum Gasteiger partial charge on any atom is -0.504 e. The Hall–Kier alpha value is -1.77. The van der Waals surface area contributed by atoms with E-state index >= 15 is 0 Å². The van der Waals surface area contributed by atoms with E-state index in [1.807, 2.05) is 6.07 Å². The molecule has 0 amide bonds. The van der Waals surface area contributed by atoms with E-state index in [0.29, 0.717) is 25.0 Å². The number of ether oxygens (including phenoxy) is 1. The Morgan fingerprint density at radius 3 is 3.00 bits per heavy atom. The Labute approximate surface area is 87.0 Å². The number of rotatable bonds is 0. The van der Waals surface area contributed by atoms with Crippen LogP contribution in [0.1, 0.15) is 18.4 Å². The topological polar surface area (TPSA) is 46.5 Å². The van der Waals surface area contributed by atoms with Gasteiger partial charge in [0, 0.05) is 30.4 Å². The monoisotopic (exact) mass is 202 g/mol. The fourth-order valence-electron chi connectivity index (χ4n) is 2.14. The molecule has 1 aromatic carbocycles. The molecule has 0 spiro atoms. The Morgan fingerprint density at radius 1 is 1.27 bits per heavy atom. The zero-order valence-electron chi connectivity index (χ0n) is 8.12. The standard InChI is InChI=1S/C12H10O3/c13-9-4-5-11-8(9)6-7-2-1-3-10(14)12(7)15-11/h1-3,14H,4-6H2. The number of carbonyl (C=O) groups excluding carboxylic acids is 1. The fraction of sp³-hybridized carbons (Fsp3) is 0.250. The maximum Gasteiger partial charge on any atom is 0.172 e. The van der Waals surface area contributed by atoms with E-state index < -0.39 is 0 Å². The van der Waals surface area contributed by atoms with Crippen LogP contribution < -0.4 is 4.74 Å². The van der Waals surface area contributed by atoms with Gasteiger partial charge in [-0.05, 0) is 6.07 Å². The molecule has 1 aliphatic heterocycles. The van der Waals surface area contributed by atoms with Gasteiger partial charge in [-0.2, -0.15) is 0 Å². The lowest BCUT2D eigenvalue weighted by atomic mass is 10.0. The predicted molar refractivity (Wildman–Crippen MR) is 53.7 cm³/mol. The van der Waals surface area contributed by atoms with Crippen LogP contribution >= 0.6 is 0 Å². The molecule has 2 aliphatic rings. The van der Waals surface area contributed by atoms with Crippen LogP contribution in [0.5, 0.6) is 11.5 Å².